The summed E-state index contributed by atoms with van der Waals surface area (Å²) < 4.78 is 27.9. The minimum Gasteiger partial charge on any atom is -0.339 e. The average Bonchev–Trinajstić information content (AvgIpc) is 3.53. The van der Waals surface area contributed by atoms with Crippen molar-refractivity contribution in [2.24, 2.45) is 17.3 Å². The van der Waals surface area contributed by atoms with E-state index in [4.69, 9.17) is 4.98 Å². The quantitative estimate of drug-likeness (QED) is 0.492. The zero-order valence-corrected chi connectivity index (χ0v) is 23.8. The summed E-state index contributed by atoms with van der Waals surface area (Å²) >= 11 is 0. The zero-order chi connectivity index (χ0) is 27.1. The van der Waals surface area contributed by atoms with E-state index in [1.165, 1.54) is 37.0 Å². The summed E-state index contributed by atoms with van der Waals surface area (Å²) in [6, 6.07) is 2.86. The van der Waals surface area contributed by atoms with Crippen molar-refractivity contribution in [3.63, 3.8) is 0 Å². The maximum atomic E-state index is 14.0. The SMILES string of the molecule is CN(C)CC1=CC([C@]23CC[C@@H](N(CCCN4CCN(C)CC4)c4nc5cc(F)c(F)cc5[nH]4)CC2C3)CC=C1. The van der Waals surface area contributed by atoms with Gasteiger partial charge in [0.05, 0.1) is 11.0 Å². The molecule has 2 heterocycles. The van der Waals surface area contributed by atoms with Crippen LogP contribution in [0, 0.1) is 28.9 Å². The molecule has 2 aromatic rings. The molecule has 6 nitrogen and oxygen atoms in total. The monoisotopic (exact) mass is 538 g/mol. The van der Waals surface area contributed by atoms with E-state index < -0.39 is 11.6 Å². The molecule has 1 N–H and O–H groups in total. The van der Waals surface area contributed by atoms with Crippen LogP contribution in [0.2, 0.25) is 0 Å². The van der Waals surface area contributed by atoms with Crippen LogP contribution >= 0.6 is 0 Å². The molecule has 0 amide bonds. The van der Waals surface area contributed by atoms with Gasteiger partial charge in [0, 0.05) is 57.4 Å². The largest absolute Gasteiger partial charge is 0.339 e. The number of benzene rings is 1. The van der Waals surface area contributed by atoms with E-state index in [-0.39, 0.29) is 0 Å². The Hall–Kier alpha value is -2.29. The van der Waals surface area contributed by atoms with Gasteiger partial charge in [-0.2, -0.15) is 0 Å². The van der Waals surface area contributed by atoms with Crippen LogP contribution in [0.4, 0.5) is 14.7 Å². The molecule has 1 aliphatic heterocycles. The average molecular weight is 539 g/mol. The molecular weight excluding hydrogens is 494 g/mol. The fourth-order valence-corrected chi connectivity index (χ4v) is 7.57. The number of allylic oxidation sites excluding steroid dienone is 2. The van der Waals surface area contributed by atoms with E-state index in [0.29, 0.717) is 28.4 Å². The molecule has 3 aliphatic carbocycles. The second-order valence-corrected chi connectivity index (χ2v) is 12.8. The Bertz CT molecular complexity index is 1190. The highest BCUT2D eigenvalue weighted by molar-refractivity contribution is 5.77. The van der Waals surface area contributed by atoms with Crippen LogP contribution < -0.4 is 4.90 Å². The van der Waals surface area contributed by atoms with Crippen LogP contribution in [-0.2, 0) is 0 Å². The van der Waals surface area contributed by atoms with Crippen LogP contribution in [0.25, 0.3) is 11.0 Å². The van der Waals surface area contributed by atoms with Crippen LogP contribution in [0.15, 0.2) is 35.9 Å². The van der Waals surface area contributed by atoms with Gasteiger partial charge in [0.25, 0.3) is 0 Å². The summed E-state index contributed by atoms with van der Waals surface area (Å²) in [5, 5.41) is 0. The lowest BCUT2D eigenvalue weighted by Gasteiger charge is -2.39. The number of hydrogen-bond donors (Lipinski definition) is 1. The number of halogens is 2. The number of piperazine rings is 1. The Morgan fingerprint density at radius 3 is 2.69 bits per heavy atom. The van der Waals surface area contributed by atoms with Gasteiger partial charge in [0.2, 0.25) is 5.95 Å². The third-order valence-corrected chi connectivity index (χ3v) is 9.85. The highest BCUT2D eigenvalue weighted by Crippen LogP contribution is 2.67. The van der Waals surface area contributed by atoms with E-state index in [9.17, 15) is 8.78 Å². The Morgan fingerprint density at radius 2 is 1.92 bits per heavy atom. The lowest BCUT2D eigenvalue weighted by atomic mass is 9.73. The Kier molecular flexibility index (Phi) is 7.55. The third-order valence-electron chi connectivity index (χ3n) is 9.85. The van der Waals surface area contributed by atoms with Crippen LogP contribution in [-0.4, -0.2) is 97.7 Å². The minimum atomic E-state index is -0.842. The predicted molar refractivity (Wildman–Crippen MR) is 154 cm³/mol. The second-order valence-electron chi connectivity index (χ2n) is 12.8. The van der Waals surface area contributed by atoms with Gasteiger partial charge in [-0.1, -0.05) is 18.2 Å². The number of rotatable bonds is 9. The lowest BCUT2D eigenvalue weighted by molar-refractivity contribution is 0.152. The molecule has 1 saturated heterocycles. The van der Waals surface area contributed by atoms with Crippen molar-refractivity contribution < 1.29 is 8.78 Å². The predicted octanol–water partition coefficient (Wildman–Crippen LogP) is 4.91. The van der Waals surface area contributed by atoms with Crippen molar-refractivity contribution in [2.45, 2.75) is 44.6 Å². The van der Waals surface area contributed by atoms with Crippen molar-refractivity contribution in [1.82, 2.24) is 24.7 Å². The Labute approximate surface area is 231 Å². The van der Waals surface area contributed by atoms with Gasteiger partial charge >= 0.3 is 0 Å². The van der Waals surface area contributed by atoms with Crippen molar-refractivity contribution in [3.05, 3.63) is 47.6 Å². The van der Waals surface area contributed by atoms with E-state index >= 15 is 0 Å². The number of anilines is 1. The van der Waals surface area contributed by atoms with E-state index in [1.54, 1.807) is 0 Å². The minimum absolute atomic E-state index is 0.401. The van der Waals surface area contributed by atoms with E-state index in [1.807, 2.05) is 0 Å². The maximum absolute atomic E-state index is 14.0. The summed E-state index contributed by atoms with van der Waals surface area (Å²) in [5.74, 6) is 0.476. The van der Waals surface area contributed by atoms with Crippen LogP contribution in [0.1, 0.15) is 38.5 Å². The number of aromatic amines is 1. The number of H-pyrrole nitrogens is 1. The first-order valence-electron chi connectivity index (χ1n) is 14.8. The van der Waals surface area contributed by atoms with Gasteiger partial charge in [-0.3, -0.25) is 0 Å². The van der Waals surface area contributed by atoms with Crippen LogP contribution in [0.5, 0.6) is 0 Å². The number of aromatic nitrogens is 2. The molecular formula is C31H44F2N6. The fraction of sp³-hybridized carbons (Fsp3) is 0.645. The highest BCUT2D eigenvalue weighted by Gasteiger charge is 2.60. The molecule has 2 unspecified atom stereocenters. The van der Waals surface area contributed by atoms with Gasteiger partial charge in [-0.25, -0.2) is 13.8 Å². The number of nitrogens with one attached hydrogen (secondary N) is 1. The fourth-order valence-electron chi connectivity index (χ4n) is 7.57. The van der Waals surface area contributed by atoms with Crippen molar-refractivity contribution >= 4 is 17.0 Å². The first-order valence-corrected chi connectivity index (χ1v) is 14.8. The van der Waals surface area contributed by atoms with E-state index in [2.05, 4.69) is 64.0 Å². The molecule has 1 aromatic carbocycles. The first-order chi connectivity index (χ1) is 18.8. The van der Waals surface area contributed by atoms with E-state index in [0.717, 1.165) is 76.9 Å². The number of nitrogens with zero attached hydrogens (tertiary/aromatic N) is 5. The molecule has 212 valence electrons. The summed E-state index contributed by atoms with van der Waals surface area (Å²) in [6.45, 7) is 7.46. The number of fused-ring (bicyclic) bond motifs is 2. The lowest BCUT2D eigenvalue weighted by Crippen LogP contribution is -2.46. The first kappa shape index (κ1) is 26.9. The topological polar surface area (TPSA) is 41.6 Å². The maximum Gasteiger partial charge on any atom is 0.204 e. The number of likely N-dealkylation sites (N-methyl/N-ethyl adjacent to an activating group) is 2. The molecule has 39 heavy (non-hydrogen) atoms. The number of imidazole rings is 1. The van der Waals surface area contributed by atoms with Crippen molar-refractivity contribution in [1.29, 1.82) is 0 Å². The third kappa shape index (κ3) is 5.66. The molecule has 0 radical (unpaired) electrons. The molecule has 0 bridgehead atoms. The molecule has 2 saturated carbocycles. The zero-order valence-electron chi connectivity index (χ0n) is 23.8. The smallest absolute Gasteiger partial charge is 0.204 e. The van der Waals surface area contributed by atoms with Gasteiger partial charge in [-0.05, 0) is 89.0 Å². The molecule has 6 rings (SSSR count). The van der Waals surface area contributed by atoms with Crippen LogP contribution in [0.3, 0.4) is 0 Å². The molecule has 0 spiro atoms. The standard InChI is InChI=1S/C31H44F2N6/c1-36(2)21-22-6-4-7-23(16-22)31-9-8-25(17-24(31)20-31)39(11-5-10-38-14-12-37(3)13-15-38)30-34-28-18-26(32)27(33)19-29(28)35-30/h4,6,16,18-19,23-25H,5,7-15,17,20-21H2,1-3H3,(H,34,35)/t23?,24?,25-,31-/m1/s1. The summed E-state index contributed by atoms with van der Waals surface area (Å²) in [4.78, 5) is 17.7. The van der Waals surface area contributed by atoms with Gasteiger partial charge in [-0.15, -0.1) is 0 Å². The molecule has 4 aliphatic rings. The molecule has 3 fully saturated rings. The molecule has 4 atom stereocenters. The molecule has 1 aromatic heterocycles. The Balaban J connectivity index is 1.17. The van der Waals surface area contributed by atoms with Crippen molar-refractivity contribution in [3.8, 4) is 0 Å². The Morgan fingerprint density at radius 1 is 1.13 bits per heavy atom. The summed E-state index contributed by atoms with van der Waals surface area (Å²) in [7, 11) is 6.47. The normalized spacial score (nSPS) is 29.6. The highest BCUT2D eigenvalue weighted by atomic mass is 19.2. The van der Waals surface area contributed by atoms with Gasteiger partial charge < -0.3 is 24.6 Å². The summed E-state index contributed by atoms with van der Waals surface area (Å²) in [5.41, 5.74) is 2.96. The molecule has 8 heteroatoms. The van der Waals surface area contributed by atoms with Gasteiger partial charge in [0.1, 0.15) is 0 Å². The van der Waals surface area contributed by atoms with Crippen molar-refractivity contribution in [2.75, 3.05) is 71.9 Å². The second kappa shape index (κ2) is 10.9. The van der Waals surface area contributed by atoms with Gasteiger partial charge in [0.15, 0.2) is 11.6 Å². The summed E-state index contributed by atoms with van der Waals surface area (Å²) in [6.07, 6.45) is 14.4. The number of hydrogen-bond acceptors (Lipinski definition) is 5.